The number of hydrogen-bond donors (Lipinski definition) is 4. The number of hydrogen-bond acceptors (Lipinski definition) is 10. The number of fused-ring (bicyclic) bond motifs is 9. The molecule has 0 aliphatic rings. The van der Waals surface area contributed by atoms with E-state index < -0.39 is 21.1 Å². The van der Waals surface area contributed by atoms with Crippen LogP contribution in [0.2, 0.25) is 0 Å². The minimum Gasteiger partial charge on any atom is -0.497 e. The fraction of sp³-hybridized carbons (Fsp3) is 0.111. The van der Waals surface area contributed by atoms with Crippen molar-refractivity contribution in [2.45, 2.75) is 20.5 Å². The van der Waals surface area contributed by atoms with Crippen molar-refractivity contribution in [2.24, 2.45) is 0 Å². The molecule has 0 amide bonds. The third-order valence-corrected chi connectivity index (χ3v) is 11.8. The van der Waals surface area contributed by atoms with Gasteiger partial charge in [-0.3, -0.25) is 44.6 Å². The number of nitrogens with zero attached hydrogens (tertiary/aromatic N) is 6. The number of aromatic nitrogens is 9. The molecule has 6 aromatic carbocycles. The van der Waals surface area contributed by atoms with E-state index in [-0.39, 0.29) is 46.2 Å². The predicted octanol–water partition coefficient (Wildman–Crippen LogP) is 8.74. The molecule has 0 aliphatic heterocycles. The molecule has 0 radical (unpaired) electrons. The topological polar surface area (TPSA) is 200 Å². The molecule has 0 atom stereocenters. The lowest BCUT2D eigenvalue weighted by atomic mass is 10.1. The van der Waals surface area contributed by atoms with Crippen LogP contribution in [-0.2, 0) is 6.61 Å². The van der Waals surface area contributed by atoms with Crippen molar-refractivity contribution in [3.8, 4) is 34.3 Å². The summed E-state index contributed by atoms with van der Waals surface area (Å²) in [7, 11) is -7.81. The van der Waals surface area contributed by atoms with E-state index in [2.05, 4.69) is 30.2 Å². The molecule has 0 aliphatic carbocycles. The van der Waals surface area contributed by atoms with E-state index in [0.717, 1.165) is 38.3 Å². The fourth-order valence-corrected chi connectivity index (χ4v) is 8.31. The van der Waals surface area contributed by atoms with Crippen molar-refractivity contribution in [1.82, 2.24) is 44.3 Å². The van der Waals surface area contributed by atoms with Crippen LogP contribution in [0.25, 0.3) is 82.5 Å². The molecule has 6 heterocycles. The van der Waals surface area contributed by atoms with Gasteiger partial charge in [-0.1, -0.05) is 66.7 Å². The quantitative estimate of drug-likeness (QED) is 0.120. The zero-order valence-corrected chi connectivity index (χ0v) is 37.1. The van der Waals surface area contributed by atoms with Gasteiger partial charge >= 0.3 is 0 Å². The van der Waals surface area contributed by atoms with Crippen LogP contribution in [0.1, 0.15) is 29.0 Å². The Morgan fingerprint density at radius 3 is 1.46 bits per heavy atom. The van der Waals surface area contributed by atoms with E-state index in [1.807, 2.05) is 50.2 Å². The molecule has 70 heavy (non-hydrogen) atoms. The molecule has 0 bridgehead atoms. The number of para-hydroxylation sites is 4. The van der Waals surface area contributed by atoms with Gasteiger partial charge in [0.2, 0.25) is 0 Å². The second kappa shape index (κ2) is 18.4. The van der Waals surface area contributed by atoms with Gasteiger partial charge in [-0.25, -0.2) is 14.0 Å². The summed E-state index contributed by atoms with van der Waals surface area (Å²) in [6.07, 6.45) is 4.54. The highest BCUT2D eigenvalue weighted by Gasteiger charge is 2.17. The van der Waals surface area contributed by atoms with Crippen LogP contribution in [0.15, 0.2) is 160 Å². The first-order chi connectivity index (χ1) is 37.5. The number of methoxy groups -OCH3 is 3. The van der Waals surface area contributed by atoms with Crippen molar-refractivity contribution < 1.29 is 31.7 Å². The number of benzene rings is 6. The highest BCUT2D eigenvalue weighted by atomic mass is 16.5. The largest absolute Gasteiger partial charge is 0.497 e. The summed E-state index contributed by atoms with van der Waals surface area (Å²) in [6, 6.07) is 36.2. The molecule has 12 rings (SSSR count). The monoisotopic (exact) mass is 940 g/mol. The number of pyridine rings is 3. The maximum Gasteiger partial charge on any atom is 0.280 e. The lowest BCUT2D eigenvalue weighted by Gasteiger charge is -2.07. The SMILES string of the molecule is [2H]C([2H])([2H])Oc1cccc(-n2[nH]c3c(cnc4cc(C)ccc43)c2=O)c1.[2H]C([2H])([2H])Oc1ccccc1-n1[nH]c2c(cnc3cc(C)ccc32)c1=O.[2H]C([2H])([2H])Oc1ccccc1-n1[nH]c2c(cnc3cc(CO)ccc32)c1=O. The molecule has 6 aromatic heterocycles. The maximum absolute atomic E-state index is 12.9. The Balaban J connectivity index is 0.000000134. The first-order valence-corrected chi connectivity index (χ1v) is 21.5. The van der Waals surface area contributed by atoms with Gasteiger partial charge in [-0.2, -0.15) is 0 Å². The van der Waals surface area contributed by atoms with Crippen LogP contribution in [0.4, 0.5) is 0 Å². The second-order valence-electron chi connectivity index (χ2n) is 16.2. The van der Waals surface area contributed by atoms with Gasteiger partial charge in [0.1, 0.15) is 28.6 Å². The Bertz CT molecular complexity index is 4500. The standard InChI is InChI=1S/C18H15N3O3.2C18H15N3O2/c1-24-16-5-3-2-4-15(16)21-18(23)13-9-19-14-8-11(10-22)6-7-12(14)17(13)20-21;1-11-6-7-14-16(8-11)19-10-15-17(14)20-21(18(15)22)12-4-3-5-13(9-12)23-2;1-11-7-8-12-14(9-11)19-10-13-17(12)20-21(18(13)22)15-5-3-4-6-16(15)23-2/h2-9,20,22H,10H2,1H3;2*3-10,20H,1-2H3/i1D3;2*2D3. The Hall–Kier alpha value is -9.28. The minimum atomic E-state index is -2.64. The van der Waals surface area contributed by atoms with Gasteiger partial charge in [0.05, 0.1) is 95.0 Å². The fourth-order valence-electron chi connectivity index (χ4n) is 8.31. The van der Waals surface area contributed by atoms with E-state index in [9.17, 15) is 19.5 Å². The first-order valence-electron chi connectivity index (χ1n) is 26.0. The number of aryl methyl sites for hydroxylation is 2. The molecule has 0 saturated heterocycles. The van der Waals surface area contributed by atoms with Crippen LogP contribution in [0.3, 0.4) is 0 Å². The summed E-state index contributed by atoms with van der Waals surface area (Å²) >= 11 is 0. The number of aliphatic hydroxyl groups is 1. The maximum atomic E-state index is 12.9. The third-order valence-electron chi connectivity index (χ3n) is 11.8. The number of nitrogens with one attached hydrogen (secondary N) is 3. The van der Waals surface area contributed by atoms with Crippen LogP contribution in [0.5, 0.6) is 17.2 Å². The Morgan fingerprint density at radius 1 is 0.500 bits per heavy atom. The molecule has 16 nitrogen and oxygen atoms in total. The first kappa shape index (κ1) is 34.9. The smallest absolute Gasteiger partial charge is 0.280 e. The van der Waals surface area contributed by atoms with Crippen molar-refractivity contribution in [1.29, 1.82) is 0 Å². The summed E-state index contributed by atoms with van der Waals surface area (Å²) in [5.74, 6) is 0.312. The Labute approximate surface area is 410 Å². The molecule has 16 heteroatoms. The van der Waals surface area contributed by atoms with E-state index in [0.29, 0.717) is 55.2 Å². The van der Waals surface area contributed by atoms with Crippen LogP contribution in [-0.4, -0.2) is 70.5 Å². The average molecular weight is 941 g/mol. The zero-order valence-electron chi connectivity index (χ0n) is 46.1. The number of ether oxygens (including phenoxy) is 3. The highest BCUT2D eigenvalue weighted by molar-refractivity contribution is 6.04. The van der Waals surface area contributed by atoms with E-state index in [1.54, 1.807) is 72.9 Å². The molecule has 0 fully saturated rings. The second-order valence-corrected chi connectivity index (χ2v) is 16.2. The number of aromatic amines is 3. The number of aliphatic hydroxyl groups excluding tert-OH is 1. The lowest BCUT2D eigenvalue weighted by molar-refractivity contribution is 0.282. The molecular formula is C54H45N9O7. The van der Waals surface area contributed by atoms with Crippen molar-refractivity contribution >= 4 is 65.4 Å². The zero-order chi connectivity index (χ0) is 56.1. The Morgan fingerprint density at radius 2 is 0.957 bits per heavy atom. The van der Waals surface area contributed by atoms with Crippen LogP contribution < -0.4 is 30.9 Å². The third kappa shape index (κ3) is 7.97. The number of H-pyrrole nitrogens is 3. The molecule has 4 N–H and O–H groups in total. The summed E-state index contributed by atoms with van der Waals surface area (Å²) in [6.45, 7) is 3.85. The summed E-state index contributed by atoms with van der Waals surface area (Å²) < 4.78 is 84.4. The predicted molar refractivity (Wildman–Crippen MR) is 273 cm³/mol. The van der Waals surface area contributed by atoms with Crippen molar-refractivity contribution in [3.05, 3.63) is 194 Å². The van der Waals surface area contributed by atoms with Gasteiger partial charge in [-0.05, 0) is 85.1 Å². The van der Waals surface area contributed by atoms with Gasteiger partial charge in [0.25, 0.3) is 16.7 Å². The van der Waals surface area contributed by atoms with E-state index >= 15 is 0 Å². The minimum absolute atomic E-state index is 0.0611. The van der Waals surface area contributed by atoms with Crippen LogP contribution in [0, 0.1) is 13.8 Å². The van der Waals surface area contributed by atoms with Gasteiger partial charge in [-0.15, -0.1) is 0 Å². The molecule has 0 unspecified atom stereocenters. The summed E-state index contributed by atoms with van der Waals surface area (Å²) in [5, 5.41) is 22.1. The molecule has 12 aromatic rings. The van der Waals surface area contributed by atoms with Gasteiger partial charge < -0.3 is 19.3 Å². The molecule has 0 spiro atoms. The normalized spacial score (nSPS) is 13.7. The molecule has 0 saturated carbocycles. The summed E-state index contributed by atoms with van der Waals surface area (Å²) in [4.78, 5) is 51.5. The van der Waals surface area contributed by atoms with Crippen LogP contribution >= 0.6 is 0 Å². The van der Waals surface area contributed by atoms with E-state index in [4.69, 9.17) is 26.5 Å². The van der Waals surface area contributed by atoms with Gasteiger partial charge in [0, 0.05) is 40.8 Å². The lowest BCUT2D eigenvalue weighted by Crippen LogP contribution is -2.15. The molecular weight excluding hydrogens is 887 g/mol. The van der Waals surface area contributed by atoms with E-state index in [1.165, 1.54) is 50.7 Å². The van der Waals surface area contributed by atoms with Crippen molar-refractivity contribution in [2.75, 3.05) is 21.1 Å². The highest BCUT2D eigenvalue weighted by Crippen LogP contribution is 2.28. The van der Waals surface area contributed by atoms with Gasteiger partial charge in [0.15, 0.2) is 0 Å². The molecule has 348 valence electrons. The Kier molecular flexibility index (Phi) is 9.20. The number of rotatable bonds is 7. The average Bonchev–Trinajstić information content (AvgIpc) is 4.26. The van der Waals surface area contributed by atoms with Crippen molar-refractivity contribution in [3.63, 3.8) is 0 Å². The summed E-state index contributed by atoms with van der Waals surface area (Å²) in [5.41, 5.74) is 7.11.